The Bertz CT molecular complexity index is 3950. The van der Waals surface area contributed by atoms with Gasteiger partial charge in [0.05, 0.1) is 27.8 Å². The third kappa shape index (κ3) is 6.24. The van der Waals surface area contributed by atoms with E-state index in [0.717, 1.165) is 72.7 Å². The molecule has 306 valence electrons. The van der Waals surface area contributed by atoms with Crippen molar-refractivity contribution in [2.45, 2.75) is 6.92 Å². The number of benzene rings is 9. The molecule has 0 aliphatic rings. The summed E-state index contributed by atoms with van der Waals surface area (Å²) in [5.41, 5.74) is 13.4. The second-order valence-electron chi connectivity index (χ2n) is 16.9. The molecule has 0 bridgehead atoms. The van der Waals surface area contributed by atoms with Crippen molar-refractivity contribution in [2.24, 2.45) is 0 Å². The molecule has 12 aromatic rings. The number of pyridine rings is 1. The minimum absolute atomic E-state index is 0.878. The minimum Gasteiger partial charge on any atom is -0.309 e. The van der Waals surface area contributed by atoms with Crippen LogP contribution in [0.5, 0.6) is 0 Å². The lowest BCUT2D eigenvalue weighted by atomic mass is 9.94. The maximum atomic E-state index is 5.35. The van der Waals surface area contributed by atoms with E-state index in [2.05, 4.69) is 217 Å². The number of aromatic nitrogens is 3. The second-order valence-corrected chi connectivity index (χ2v) is 16.9. The normalized spacial score (nSPS) is 12.2. The Balaban J connectivity index is 1.03. The summed E-state index contributed by atoms with van der Waals surface area (Å²) in [6.07, 6.45) is 9.86. The van der Waals surface area contributed by atoms with Crippen molar-refractivity contribution in [3.05, 3.63) is 237 Å². The lowest BCUT2D eigenvalue weighted by Crippen LogP contribution is -2.00. The van der Waals surface area contributed by atoms with Gasteiger partial charge < -0.3 is 4.57 Å². The molecule has 3 nitrogen and oxygen atoms in total. The van der Waals surface area contributed by atoms with Crippen LogP contribution in [0.4, 0.5) is 0 Å². The van der Waals surface area contributed by atoms with Crippen molar-refractivity contribution >= 4 is 87.6 Å². The van der Waals surface area contributed by atoms with Crippen molar-refractivity contribution in [1.82, 2.24) is 14.1 Å². The number of fused-ring (bicyclic) bond motifs is 12. The van der Waals surface area contributed by atoms with E-state index in [1.807, 2.05) is 24.3 Å². The van der Waals surface area contributed by atoms with Gasteiger partial charge in [0.1, 0.15) is 5.82 Å². The number of rotatable bonds is 8. The number of hydrogen-bond donors (Lipinski definition) is 0. The zero-order valence-electron chi connectivity index (χ0n) is 36.0. The van der Waals surface area contributed by atoms with Crippen LogP contribution < -0.4 is 0 Å². The van der Waals surface area contributed by atoms with Gasteiger partial charge in [0, 0.05) is 32.8 Å². The highest BCUT2D eigenvalue weighted by Crippen LogP contribution is 2.41. The first-order valence-corrected chi connectivity index (χ1v) is 22.2. The third-order valence-corrected chi connectivity index (χ3v) is 13.2. The smallest absolute Gasteiger partial charge is 0.138 e. The van der Waals surface area contributed by atoms with Crippen LogP contribution in [0.2, 0.25) is 0 Å². The number of allylic oxidation sites excluding steroid dienone is 5. The summed E-state index contributed by atoms with van der Waals surface area (Å²) in [6, 6.07) is 68.6. The van der Waals surface area contributed by atoms with Crippen LogP contribution in [0.15, 0.2) is 226 Å². The molecule has 0 atom stereocenters. The monoisotopic (exact) mass is 829 g/mol. The summed E-state index contributed by atoms with van der Waals surface area (Å²) in [5.74, 6) is 0.878. The van der Waals surface area contributed by atoms with E-state index in [9.17, 15) is 0 Å². The summed E-state index contributed by atoms with van der Waals surface area (Å²) in [6.45, 7) is 10.1. The van der Waals surface area contributed by atoms with Gasteiger partial charge in [-0.2, -0.15) is 0 Å². The van der Waals surface area contributed by atoms with E-state index in [-0.39, 0.29) is 0 Å². The molecule has 0 N–H and O–H groups in total. The molecule has 0 aliphatic heterocycles. The Hall–Kier alpha value is -8.53. The van der Waals surface area contributed by atoms with Gasteiger partial charge in [0.15, 0.2) is 0 Å². The molecule has 65 heavy (non-hydrogen) atoms. The van der Waals surface area contributed by atoms with Crippen LogP contribution in [0.25, 0.3) is 121 Å². The van der Waals surface area contributed by atoms with E-state index in [4.69, 9.17) is 4.98 Å². The Morgan fingerprint density at radius 2 is 0.985 bits per heavy atom. The molecule has 0 radical (unpaired) electrons. The molecule has 3 aromatic heterocycles. The molecule has 0 fully saturated rings. The zero-order chi connectivity index (χ0) is 43.6. The van der Waals surface area contributed by atoms with Crippen molar-refractivity contribution in [2.75, 3.05) is 0 Å². The van der Waals surface area contributed by atoms with Crippen molar-refractivity contribution in [3.63, 3.8) is 0 Å². The first-order chi connectivity index (χ1) is 32.1. The van der Waals surface area contributed by atoms with E-state index in [0.29, 0.717) is 0 Å². The first-order valence-electron chi connectivity index (χ1n) is 22.2. The average Bonchev–Trinajstić information content (AvgIpc) is 3.88. The summed E-state index contributed by atoms with van der Waals surface area (Å²) in [5, 5.41) is 12.4. The largest absolute Gasteiger partial charge is 0.309 e. The molecule has 0 aliphatic carbocycles. The summed E-state index contributed by atoms with van der Waals surface area (Å²) < 4.78 is 4.75. The molecule has 0 amide bonds. The van der Waals surface area contributed by atoms with Crippen molar-refractivity contribution < 1.29 is 0 Å². The van der Waals surface area contributed by atoms with E-state index in [1.54, 1.807) is 6.08 Å². The molecular formula is C62H43N3. The second kappa shape index (κ2) is 15.4. The van der Waals surface area contributed by atoms with Gasteiger partial charge in [0.25, 0.3) is 0 Å². The number of hydrogen-bond acceptors (Lipinski definition) is 1. The maximum Gasteiger partial charge on any atom is 0.138 e. The Labute approximate surface area is 377 Å². The molecule has 0 saturated carbocycles. The van der Waals surface area contributed by atoms with Gasteiger partial charge in [-0.15, -0.1) is 0 Å². The van der Waals surface area contributed by atoms with Crippen LogP contribution in [-0.4, -0.2) is 14.1 Å². The van der Waals surface area contributed by atoms with Crippen LogP contribution in [-0.2, 0) is 0 Å². The van der Waals surface area contributed by atoms with Crippen LogP contribution >= 0.6 is 0 Å². The molecule has 0 spiro atoms. The third-order valence-electron chi connectivity index (χ3n) is 13.2. The van der Waals surface area contributed by atoms with Gasteiger partial charge in [-0.05, 0) is 134 Å². The fraction of sp³-hybridized carbons (Fsp3) is 0.0161. The van der Waals surface area contributed by atoms with Gasteiger partial charge in [-0.1, -0.05) is 165 Å². The highest BCUT2D eigenvalue weighted by atomic mass is 15.1. The molecular weight excluding hydrogens is 787 g/mol. The SMILES string of the molecule is C=C/C=C\C=C(/C)c1cc(-c2ccccc2)nc(-n2c3ccccc3c3cc(-c4ccc5c(c4)c4cc(C=C)ccc4n5-c4ccc5c6ccccc6c6ccccc6c5c4)ccc32)c1. The zero-order valence-corrected chi connectivity index (χ0v) is 36.0. The topological polar surface area (TPSA) is 22.8 Å². The Kier molecular flexibility index (Phi) is 9.03. The lowest BCUT2D eigenvalue weighted by molar-refractivity contribution is 1.08. The predicted molar refractivity (Wildman–Crippen MR) is 279 cm³/mol. The van der Waals surface area contributed by atoms with E-state index < -0.39 is 0 Å². The predicted octanol–water partition coefficient (Wildman–Crippen LogP) is 16.9. The standard InChI is InChI=1S/C62H43N3/c1-4-6-8-17-40(3)45-37-57(42-18-9-7-10-19-42)63-62(38-45)65-58-25-16-15-24-52(58)55-35-43(28-33-61(55)65)44-27-32-60-56(36-44)54-34-41(5-2)26-31-59(54)64(60)46-29-30-51-49-22-12-11-20-47(49)48-21-13-14-23-50(48)53(51)39-46/h4-39H,1-2H2,3H3/b8-6-,40-17+. The minimum atomic E-state index is 0.878. The quantitative estimate of drug-likeness (QED) is 0.110. The van der Waals surface area contributed by atoms with Crippen LogP contribution in [0, 0.1) is 0 Å². The number of nitrogens with zero attached hydrogens (tertiary/aromatic N) is 3. The Morgan fingerprint density at radius 1 is 0.431 bits per heavy atom. The van der Waals surface area contributed by atoms with Crippen LogP contribution in [0.1, 0.15) is 18.1 Å². The maximum absolute atomic E-state index is 5.35. The molecule has 3 heterocycles. The average molecular weight is 830 g/mol. The van der Waals surface area contributed by atoms with Gasteiger partial charge in [-0.3, -0.25) is 4.57 Å². The molecule has 3 heteroatoms. The summed E-state index contributed by atoms with van der Waals surface area (Å²) in [7, 11) is 0. The van der Waals surface area contributed by atoms with E-state index in [1.165, 1.54) is 53.9 Å². The van der Waals surface area contributed by atoms with Gasteiger partial charge in [-0.25, -0.2) is 4.98 Å². The lowest BCUT2D eigenvalue weighted by Gasteiger charge is -2.14. The molecule has 12 rings (SSSR count). The summed E-state index contributed by atoms with van der Waals surface area (Å²) >= 11 is 0. The first kappa shape index (κ1) is 38.2. The fourth-order valence-electron chi connectivity index (χ4n) is 10.0. The van der Waals surface area contributed by atoms with Gasteiger partial charge in [0.2, 0.25) is 0 Å². The molecule has 0 unspecified atom stereocenters. The Morgan fingerprint density at radius 3 is 1.66 bits per heavy atom. The fourth-order valence-corrected chi connectivity index (χ4v) is 10.0. The molecule has 0 saturated heterocycles. The van der Waals surface area contributed by atoms with Crippen molar-refractivity contribution in [1.29, 1.82) is 0 Å². The highest BCUT2D eigenvalue weighted by molar-refractivity contribution is 6.25. The summed E-state index contributed by atoms with van der Waals surface area (Å²) in [4.78, 5) is 5.35. The van der Waals surface area contributed by atoms with Crippen molar-refractivity contribution in [3.8, 4) is 33.9 Å². The molecule has 9 aromatic carbocycles. The van der Waals surface area contributed by atoms with Crippen LogP contribution in [0.3, 0.4) is 0 Å². The number of para-hydroxylation sites is 1. The van der Waals surface area contributed by atoms with Gasteiger partial charge >= 0.3 is 0 Å². The van der Waals surface area contributed by atoms with E-state index >= 15 is 0 Å². The highest BCUT2D eigenvalue weighted by Gasteiger charge is 2.19.